The van der Waals surface area contributed by atoms with E-state index in [1.165, 1.54) is 7.11 Å². The van der Waals surface area contributed by atoms with Gasteiger partial charge >= 0.3 is 0 Å². The van der Waals surface area contributed by atoms with Crippen molar-refractivity contribution in [1.82, 2.24) is 14.8 Å². The average molecular weight is 371 g/mol. The molecule has 144 valence electrons. The van der Waals surface area contributed by atoms with Crippen LogP contribution in [0.25, 0.3) is 0 Å². The Kier molecular flexibility index (Phi) is 6.24. The fourth-order valence-electron chi connectivity index (χ4n) is 3.67. The molecule has 27 heavy (non-hydrogen) atoms. The Morgan fingerprint density at radius 1 is 1.22 bits per heavy atom. The fraction of sp³-hybridized carbons (Fsp3) is 0.579. The summed E-state index contributed by atoms with van der Waals surface area (Å²) in [5, 5.41) is 8.86. The molecule has 0 aliphatic carbocycles. The van der Waals surface area contributed by atoms with E-state index in [2.05, 4.69) is 16.0 Å². The lowest BCUT2D eigenvalue weighted by Crippen LogP contribution is -2.53. The minimum atomic E-state index is -0.126. The van der Waals surface area contributed by atoms with Gasteiger partial charge in [0.05, 0.1) is 11.5 Å². The number of methoxy groups -OCH3 is 1. The van der Waals surface area contributed by atoms with Crippen molar-refractivity contribution in [2.45, 2.75) is 12.8 Å². The van der Waals surface area contributed by atoms with Gasteiger partial charge in [0.2, 0.25) is 11.8 Å². The van der Waals surface area contributed by atoms with Gasteiger partial charge in [-0.15, -0.1) is 0 Å². The smallest absolute Gasteiger partial charge is 0.248 e. The van der Waals surface area contributed by atoms with Crippen molar-refractivity contribution in [3.05, 3.63) is 23.9 Å². The second-order valence-corrected chi connectivity index (χ2v) is 6.94. The van der Waals surface area contributed by atoms with Gasteiger partial charge in [-0.3, -0.25) is 9.59 Å². The summed E-state index contributed by atoms with van der Waals surface area (Å²) in [5.74, 6) is 0.790. The van der Waals surface area contributed by atoms with E-state index in [0.717, 1.165) is 18.7 Å². The summed E-state index contributed by atoms with van der Waals surface area (Å²) in [4.78, 5) is 35.0. The summed E-state index contributed by atoms with van der Waals surface area (Å²) in [7, 11) is 1.51. The number of pyridine rings is 1. The zero-order valence-corrected chi connectivity index (χ0v) is 15.6. The van der Waals surface area contributed by atoms with Crippen LogP contribution in [-0.4, -0.2) is 79.6 Å². The summed E-state index contributed by atoms with van der Waals surface area (Å²) in [6.45, 7) is 3.96. The number of aromatic nitrogens is 1. The number of likely N-dealkylation sites (tertiary alicyclic amines) is 1. The molecule has 8 heteroatoms. The second-order valence-electron chi connectivity index (χ2n) is 6.94. The van der Waals surface area contributed by atoms with E-state index in [4.69, 9.17) is 10.00 Å². The number of carbonyl (C=O) groups is 2. The standard InChI is InChI=1S/C19H25N5O3/c1-27-14-18(25)24-6-2-3-16(13-24)19(26)23-9-7-22(8-10-23)17-5-4-15(11-20)12-21-17/h4-5,12,16H,2-3,6-10,13-14H2,1H3/t16-/m1/s1. The largest absolute Gasteiger partial charge is 0.375 e. The number of hydrogen-bond donors (Lipinski definition) is 0. The predicted molar refractivity (Wildman–Crippen MR) is 98.9 cm³/mol. The molecule has 2 amide bonds. The molecule has 1 aromatic rings. The molecule has 0 aromatic carbocycles. The Morgan fingerprint density at radius 3 is 2.63 bits per heavy atom. The molecular formula is C19H25N5O3. The van der Waals surface area contributed by atoms with Crippen molar-refractivity contribution in [1.29, 1.82) is 5.26 Å². The third-order valence-electron chi connectivity index (χ3n) is 5.18. The molecule has 0 N–H and O–H groups in total. The normalized spacial score (nSPS) is 20.3. The van der Waals surface area contributed by atoms with Gasteiger partial charge in [-0.05, 0) is 25.0 Å². The number of hydrogen-bond acceptors (Lipinski definition) is 6. The van der Waals surface area contributed by atoms with Crippen LogP contribution in [0.2, 0.25) is 0 Å². The number of amides is 2. The molecule has 1 atom stereocenters. The highest BCUT2D eigenvalue weighted by Crippen LogP contribution is 2.21. The Morgan fingerprint density at radius 2 is 2.00 bits per heavy atom. The number of piperidine rings is 1. The van der Waals surface area contributed by atoms with Crippen molar-refractivity contribution >= 4 is 17.6 Å². The van der Waals surface area contributed by atoms with Gasteiger partial charge in [0.1, 0.15) is 18.5 Å². The minimum absolute atomic E-state index is 0.0493. The minimum Gasteiger partial charge on any atom is -0.375 e. The van der Waals surface area contributed by atoms with Crippen LogP contribution >= 0.6 is 0 Å². The monoisotopic (exact) mass is 371 g/mol. The van der Waals surface area contributed by atoms with Crippen LogP contribution in [-0.2, 0) is 14.3 Å². The van der Waals surface area contributed by atoms with Gasteiger partial charge in [-0.25, -0.2) is 4.98 Å². The number of nitriles is 1. The molecule has 2 aliphatic rings. The quantitative estimate of drug-likeness (QED) is 0.765. The lowest BCUT2D eigenvalue weighted by molar-refractivity contribution is -0.142. The molecule has 3 rings (SSSR count). The van der Waals surface area contributed by atoms with Crippen molar-refractivity contribution in [3.63, 3.8) is 0 Å². The number of nitrogens with zero attached hydrogens (tertiary/aromatic N) is 5. The lowest BCUT2D eigenvalue weighted by Gasteiger charge is -2.39. The van der Waals surface area contributed by atoms with E-state index in [0.29, 0.717) is 44.8 Å². The van der Waals surface area contributed by atoms with Gasteiger partial charge in [0, 0.05) is 52.6 Å². The van der Waals surface area contributed by atoms with Crippen molar-refractivity contribution < 1.29 is 14.3 Å². The van der Waals surface area contributed by atoms with Crippen LogP contribution in [0, 0.1) is 17.2 Å². The van der Waals surface area contributed by atoms with Crippen LogP contribution in [0.4, 0.5) is 5.82 Å². The molecular weight excluding hydrogens is 346 g/mol. The average Bonchev–Trinajstić information content (AvgIpc) is 2.73. The maximum atomic E-state index is 12.9. The topological polar surface area (TPSA) is 89.8 Å². The van der Waals surface area contributed by atoms with Crippen molar-refractivity contribution in [2.75, 3.05) is 57.9 Å². The first-order chi connectivity index (χ1) is 13.1. The van der Waals surface area contributed by atoms with Gasteiger partial charge in [0.15, 0.2) is 0 Å². The summed E-state index contributed by atoms with van der Waals surface area (Å²) in [6, 6.07) is 5.67. The van der Waals surface area contributed by atoms with Crippen molar-refractivity contribution in [2.24, 2.45) is 5.92 Å². The van der Waals surface area contributed by atoms with E-state index in [1.54, 1.807) is 17.2 Å². The predicted octanol–water partition coefficient (Wildman–Crippen LogP) is 0.487. The molecule has 8 nitrogen and oxygen atoms in total. The Hall–Kier alpha value is -2.66. The van der Waals surface area contributed by atoms with E-state index < -0.39 is 0 Å². The maximum absolute atomic E-state index is 12.9. The number of carbonyl (C=O) groups excluding carboxylic acids is 2. The molecule has 0 bridgehead atoms. The summed E-state index contributed by atoms with van der Waals surface area (Å²) in [5.41, 5.74) is 0.539. The fourth-order valence-corrected chi connectivity index (χ4v) is 3.67. The molecule has 0 unspecified atom stereocenters. The van der Waals surface area contributed by atoms with Gasteiger partial charge in [-0.2, -0.15) is 5.26 Å². The molecule has 0 radical (unpaired) electrons. The number of anilines is 1. The molecule has 0 spiro atoms. The number of piperazine rings is 1. The van der Waals surface area contributed by atoms with Crippen LogP contribution in [0.3, 0.4) is 0 Å². The Labute approximate surface area is 159 Å². The first-order valence-corrected chi connectivity index (χ1v) is 9.29. The highest BCUT2D eigenvalue weighted by atomic mass is 16.5. The molecule has 2 saturated heterocycles. The van der Waals surface area contributed by atoms with E-state index in [-0.39, 0.29) is 24.3 Å². The first kappa shape index (κ1) is 19.1. The lowest BCUT2D eigenvalue weighted by atomic mass is 9.96. The van der Waals surface area contributed by atoms with Crippen LogP contribution in [0.15, 0.2) is 18.3 Å². The maximum Gasteiger partial charge on any atom is 0.248 e. The van der Waals surface area contributed by atoms with Crippen molar-refractivity contribution in [3.8, 4) is 6.07 Å². The van der Waals surface area contributed by atoms with Gasteiger partial charge in [-0.1, -0.05) is 0 Å². The Balaban J connectivity index is 1.53. The molecule has 1 aromatic heterocycles. The highest BCUT2D eigenvalue weighted by Gasteiger charge is 2.32. The molecule has 2 aliphatic heterocycles. The van der Waals surface area contributed by atoms with Gasteiger partial charge < -0.3 is 19.4 Å². The van der Waals surface area contributed by atoms with Crippen LogP contribution in [0.5, 0.6) is 0 Å². The number of ether oxygens (including phenoxy) is 1. The molecule has 0 saturated carbocycles. The molecule has 3 heterocycles. The SMILES string of the molecule is COCC(=O)N1CCC[C@@H](C(=O)N2CCN(c3ccc(C#N)cn3)CC2)C1. The van der Waals surface area contributed by atoms with E-state index >= 15 is 0 Å². The zero-order chi connectivity index (χ0) is 19.2. The number of rotatable bonds is 4. The van der Waals surface area contributed by atoms with E-state index in [9.17, 15) is 9.59 Å². The highest BCUT2D eigenvalue weighted by molar-refractivity contribution is 5.82. The first-order valence-electron chi connectivity index (χ1n) is 9.29. The van der Waals surface area contributed by atoms with Crippen LogP contribution in [0.1, 0.15) is 18.4 Å². The third-order valence-corrected chi connectivity index (χ3v) is 5.18. The van der Waals surface area contributed by atoms with E-state index in [1.807, 2.05) is 11.0 Å². The zero-order valence-electron chi connectivity index (χ0n) is 15.6. The molecule has 2 fully saturated rings. The summed E-state index contributed by atoms with van der Waals surface area (Å²) >= 11 is 0. The van der Waals surface area contributed by atoms with Gasteiger partial charge in [0.25, 0.3) is 0 Å². The third kappa shape index (κ3) is 4.55. The summed E-state index contributed by atoms with van der Waals surface area (Å²) in [6.07, 6.45) is 3.24. The summed E-state index contributed by atoms with van der Waals surface area (Å²) < 4.78 is 4.92. The van der Waals surface area contributed by atoms with Crippen LogP contribution < -0.4 is 4.90 Å². The second kappa shape index (κ2) is 8.82. The Bertz CT molecular complexity index is 707.